The summed E-state index contributed by atoms with van der Waals surface area (Å²) < 4.78 is 27.0. The fraction of sp³-hybridized carbons (Fsp3) is 0.417. The first-order valence-corrected chi connectivity index (χ1v) is 10.5. The fourth-order valence-corrected chi connectivity index (χ4v) is 2.94. The van der Waals surface area contributed by atoms with Gasteiger partial charge in [-0.3, -0.25) is 9.59 Å². The van der Waals surface area contributed by atoms with Crippen LogP contribution in [0.5, 0.6) is 28.7 Å². The van der Waals surface area contributed by atoms with Crippen molar-refractivity contribution in [1.29, 1.82) is 0 Å². The highest BCUT2D eigenvalue weighted by Crippen LogP contribution is 2.36. The number of carbonyl (C=O) groups is 2. The number of aliphatic hydroxyl groups excluding tert-OH is 1. The summed E-state index contributed by atoms with van der Waals surface area (Å²) >= 11 is 0. The van der Waals surface area contributed by atoms with Gasteiger partial charge in [-0.25, -0.2) is 0 Å². The van der Waals surface area contributed by atoms with Crippen LogP contribution >= 0.6 is 0 Å². The molecule has 33 heavy (non-hydrogen) atoms. The Balaban J connectivity index is 1.71. The first-order chi connectivity index (χ1) is 15.9. The predicted octanol–water partition coefficient (Wildman–Crippen LogP) is 2.63. The topological polar surface area (TPSA) is 113 Å². The van der Waals surface area contributed by atoms with Gasteiger partial charge in [0.15, 0.2) is 28.8 Å². The van der Waals surface area contributed by atoms with Crippen LogP contribution in [0.15, 0.2) is 36.4 Å². The molecular weight excluding hydrogens is 430 g/mol. The van der Waals surface area contributed by atoms with Gasteiger partial charge in [-0.05, 0) is 43.7 Å². The second kappa shape index (κ2) is 13.2. The molecule has 2 N–H and O–H groups in total. The Morgan fingerprint density at radius 1 is 0.939 bits per heavy atom. The van der Waals surface area contributed by atoms with Crippen LogP contribution in [-0.4, -0.2) is 64.0 Å². The van der Waals surface area contributed by atoms with Gasteiger partial charge >= 0.3 is 0 Å². The zero-order valence-corrected chi connectivity index (χ0v) is 19.4. The fourth-order valence-electron chi connectivity index (χ4n) is 2.94. The first kappa shape index (κ1) is 25.8. The minimum atomic E-state index is -0.913. The number of hydrogen-bond acceptors (Lipinski definition) is 8. The van der Waals surface area contributed by atoms with E-state index in [4.69, 9.17) is 23.7 Å². The molecule has 2 aromatic rings. The molecular formula is C24H31NO8. The standard InChI is InChI=1S/C24H31NO8/c1-16(26)17-10-11-19(22(13-17)31-4)32-12-6-9-23(28)25-14-18(27)15-33-24-20(29-2)7-5-8-21(24)30-3/h5,7-8,10-11,13,18,27H,6,9,12,14-15H2,1-4H3,(H,25,28). The number of ketones is 1. The number of ether oxygens (including phenoxy) is 5. The first-order valence-electron chi connectivity index (χ1n) is 10.5. The van der Waals surface area contributed by atoms with Crippen LogP contribution < -0.4 is 29.0 Å². The summed E-state index contributed by atoms with van der Waals surface area (Å²) in [6.45, 7) is 1.77. The summed E-state index contributed by atoms with van der Waals surface area (Å²) in [5, 5.41) is 12.8. The average Bonchev–Trinajstić information content (AvgIpc) is 2.83. The third-order valence-electron chi connectivity index (χ3n) is 4.71. The van der Waals surface area contributed by atoms with E-state index in [1.54, 1.807) is 36.4 Å². The van der Waals surface area contributed by atoms with Crippen molar-refractivity contribution in [1.82, 2.24) is 5.32 Å². The number of Topliss-reactive ketones (excluding diaryl/α,β-unsaturated/α-hetero) is 1. The maximum atomic E-state index is 12.1. The van der Waals surface area contributed by atoms with Gasteiger partial charge in [0, 0.05) is 18.5 Å². The Bertz CT molecular complexity index is 908. The lowest BCUT2D eigenvalue weighted by atomic mass is 10.1. The average molecular weight is 462 g/mol. The number of hydrogen-bond donors (Lipinski definition) is 2. The second-order valence-electron chi connectivity index (χ2n) is 7.13. The molecule has 0 spiro atoms. The summed E-state index contributed by atoms with van der Waals surface area (Å²) in [4.78, 5) is 23.5. The summed E-state index contributed by atoms with van der Waals surface area (Å²) in [7, 11) is 4.52. The van der Waals surface area contributed by atoms with E-state index in [9.17, 15) is 14.7 Å². The quantitative estimate of drug-likeness (QED) is 0.326. The number of methoxy groups -OCH3 is 3. The van der Waals surface area contributed by atoms with Crippen LogP contribution in [0.4, 0.5) is 0 Å². The van der Waals surface area contributed by atoms with Gasteiger partial charge in [0.2, 0.25) is 11.7 Å². The zero-order valence-electron chi connectivity index (χ0n) is 19.4. The molecule has 9 heteroatoms. The van der Waals surface area contributed by atoms with Crippen molar-refractivity contribution in [2.45, 2.75) is 25.9 Å². The molecule has 1 atom stereocenters. The highest BCUT2D eigenvalue weighted by atomic mass is 16.5. The Morgan fingerprint density at radius 3 is 2.21 bits per heavy atom. The van der Waals surface area contributed by atoms with Gasteiger partial charge in [-0.1, -0.05) is 6.07 Å². The molecule has 0 heterocycles. The van der Waals surface area contributed by atoms with Crippen LogP contribution in [0.1, 0.15) is 30.1 Å². The third-order valence-corrected chi connectivity index (χ3v) is 4.71. The Labute approximate surface area is 193 Å². The van der Waals surface area contributed by atoms with Crippen molar-refractivity contribution < 1.29 is 38.4 Å². The number of amides is 1. The number of aliphatic hydroxyl groups is 1. The summed E-state index contributed by atoms with van der Waals surface area (Å²) in [5.74, 6) is 2.04. The van der Waals surface area contributed by atoms with Crippen LogP contribution in [-0.2, 0) is 4.79 Å². The number of rotatable bonds is 14. The lowest BCUT2D eigenvalue weighted by molar-refractivity contribution is -0.121. The highest BCUT2D eigenvalue weighted by Gasteiger charge is 2.15. The lowest BCUT2D eigenvalue weighted by Gasteiger charge is -2.17. The third kappa shape index (κ3) is 7.87. The molecule has 1 amide bonds. The summed E-state index contributed by atoms with van der Waals surface area (Å²) in [6, 6.07) is 10.2. The molecule has 0 radical (unpaired) electrons. The van der Waals surface area contributed by atoms with Crippen molar-refractivity contribution in [2.75, 3.05) is 41.1 Å². The molecule has 0 saturated heterocycles. The van der Waals surface area contributed by atoms with E-state index in [2.05, 4.69) is 5.32 Å². The number of para-hydroxylation sites is 1. The number of carbonyl (C=O) groups excluding carboxylic acids is 2. The smallest absolute Gasteiger partial charge is 0.220 e. The lowest BCUT2D eigenvalue weighted by Crippen LogP contribution is -2.35. The molecule has 1 unspecified atom stereocenters. The molecule has 0 aliphatic heterocycles. The van der Waals surface area contributed by atoms with Crippen molar-refractivity contribution in [2.24, 2.45) is 0 Å². The molecule has 2 aromatic carbocycles. The van der Waals surface area contributed by atoms with Gasteiger partial charge < -0.3 is 34.1 Å². The maximum Gasteiger partial charge on any atom is 0.220 e. The monoisotopic (exact) mass is 461 g/mol. The molecule has 0 aliphatic carbocycles. The molecule has 0 bridgehead atoms. The minimum Gasteiger partial charge on any atom is -0.493 e. The molecule has 180 valence electrons. The Hall–Kier alpha value is -3.46. The van der Waals surface area contributed by atoms with Gasteiger partial charge in [0.05, 0.1) is 27.9 Å². The minimum absolute atomic E-state index is 0.0392. The Morgan fingerprint density at radius 2 is 1.61 bits per heavy atom. The largest absolute Gasteiger partial charge is 0.493 e. The van der Waals surface area contributed by atoms with Crippen LogP contribution in [0.3, 0.4) is 0 Å². The normalized spacial score (nSPS) is 11.3. The van der Waals surface area contributed by atoms with E-state index in [0.29, 0.717) is 47.3 Å². The molecule has 9 nitrogen and oxygen atoms in total. The van der Waals surface area contributed by atoms with E-state index >= 15 is 0 Å². The summed E-state index contributed by atoms with van der Waals surface area (Å²) in [5.41, 5.74) is 0.533. The van der Waals surface area contributed by atoms with Crippen LogP contribution in [0, 0.1) is 0 Å². The maximum absolute atomic E-state index is 12.1. The zero-order chi connectivity index (χ0) is 24.2. The molecule has 0 aromatic heterocycles. The number of nitrogens with one attached hydrogen (secondary N) is 1. The summed E-state index contributed by atoms with van der Waals surface area (Å²) in [6.07, 6.45) is -0.222. The number of benzene rings is 2. The molecule has 0 fully saturated rings. The van der Waals surface area contributed by atoms with Crippen LogP contribution in [0.25, 0.3) is 0 Å². The van der Waals surface area contributed by atoms with Crippen molar-refractivity contribution in [3.05, 3.63) is 42.0 Å². The van der Waals surface area contributed by atoms with E-state index < -0.39 is 6.10 Å². The van der Waals surface area contributed by atoms with Crippen molar-refractivity contribution in [3.63, 3.8) is 0 Å². The van der Waals surface area contributed by atoms with Gasteiger partial charge in [0.1, 0.15) is 12.7 Å². The van der Waals surface area contributed by atoms with E-state index in [-0.39, 0.29) is 31.3 Å². The predicted molar refractivity (Wildman–Crippen MR) is 122 cm³/mol. The van der Waals surface area contributed by atoms with Crippen LogP contribution in [0.2, 0.25) is 0 Å². The van der Waals surface area contributed by atoms with Crippen molar-refractivity contribution in [3.8, 4) is 28.7 Å². The van der Waals surface area contributed by atoms with Gasteiger partial charge in [0.25, 0.3) is 0 Å². The Kier molecular flexibility index (Phi) is 10.3. The molecule has 0 saturated carbocycles. The molecule has 0 aliphatic rings. The second-order valence-corrected chi connectivity index (χ2v) is 7.13. The van der Waals surface area contributed by atoms with Gasteiger partial charge in [-0.2, -0.15) is 0 Å². The molecule has 2 rings (SSSR count). The van der Waals surface area contributed by atoms with E-state index in [1.165, 1.54) is 28.3 Å². The van der Waals surface area contributed by atoms with E-state index in [1.807, 2.05) is 0 Å². The van der Waals surface area contributed by atoms with Gasteiger partial charge in [-0.15, -0.1) is 0 Å². The SMILES string of the molecule is COc1cc(C(C)=O)ccc1OCCCC(=O)NCC(O)COc1c(OC)cccc1OC. The highest BCUT2D eigenvalue weighted by molar-refractivity contribution is 5.94. The van der Waals surface area contributed by atoms with Crippen molar-refractivity contribution >= 4 is 11.7 Å². The van der Waals surface area contributed by atoms with E-state index in [0.717, 1.165) is 0 Å².